The molecular weight excluding hydrogens is 515 g/mol. The summed E-state index contributed by atoms with van der Waals surface area (Å²) < 4.78 is 40.8. The van der Waals surface area contributed by atoms with E-state index in [4.69, 9.17) is 0 Å². The number of nitrogens with one attached hydrogen (secondary N) is 1. The average molecular weight is 547 g/mol. The fourth-order valence-electron chi connectivity index (χ4n) is 6.45. The van der Waals surface area contributed by atoms with E-state index in [1.807, 2.05) is 65.7 Å². The highest BCUT2D eigenvalue weighted by Crippen LogP contribution is 2.43. The summed E-state index contributed by atoms with van der Waals surface area (Å²) in [6, 6.07) is 21.4. The van der Waals surface area contributed by atoms with Gasteiger partial charge in [0.25, 0.3) is 0 Å². The third-order valence-corrected chi connectivity index (χ3v) is 8.55. The second-order valence-electron chi connectivity index (χ2n) is 11.2. The first-order chi connectivity index (χ1) is 19.1. The van der Waals surface area contributed by atoms with Crippen LogP contribution in [0.3, 0.4) is 0 Å². The molecule has 5 nitrogen and oxygen atoms in total. The molecule has 0 aliphatic carbocycles. The van der Waals surface area contributed by atoms with Crippen LogP contribution in [0.25, 0.3) is 10.9 Å². The zero-order chi connectivity index (χ0) is 28.1. The van der Waals surface area contributed by atoms with Gasteiger partial charge in [0.2, 0.25) is 5.91 Å². The number of amides is 2. The monoisotopic (exact) mass is 546 g/mol. The minimum absolute atomic E-state index is 0.00710. The number of benzene rings is 3. The Balaban J connectivity index is 1.29. The fourth-order valence-corrected chi connectivity index (χ4v) is 6.45. The number of para-hydroxylation sites is 1. The number of aromatic nitrogens is 1. The summed E-state index contributed by atoms with van der Waals surface area (Å²) in [5, 5.41) is 1.01. The van der Waals surface area contributed by atoms with Gasteiger partial charge < -0.3 is 9.88 Å². The summed E-state index contributed by atoms with van der Waals surface area (Å²) in [6.07, 6.45) is -1.72. The van der Waals surface area contributed by atoms with Crippen molar-refractivity contribution in [3.05, 3.63) is 107 Å². The molecular formula is C32H31F3N3O2+. The second-order valence-corrected chi connectivity index (χ2v) is 11.2. The number of aromatic amines is 1. The molecule has 8 heteroatoms. The van der Waals surface area contributed by atoms with Gasteiger partial charge in [-0.25, -0.2) is 9.28 Å². The van der Waals surface area contributed by atoms with Gasteiger partial charge in [-0.3, -0.25) is 4.79 Å². The van der Waals surface area contributed by atoms with Gasteiger partial charge in [0.05, 0.1) is 24.1 Å². The Morgan fingerprint density at radius 3 is 2.55 bits per heavy atom. The van der Waals surface area contributed by atoms with E-state index in [1.165, 1.54) is 0 Å². The lowest BCUT2D eigenvalue weighted by molar-refractivity contribution is -0.727. The zero-order valence-electron chi connectivity index (χ0n) is 22.2. The van der Waals surface area contributed by atoms with Crippen molar-refractivity contribution in [3.63, 3.8) is 0 Å². The molecule has 2 saturated heterocycles. The highest BCUT2D eigenvalue weighted by Gasteiger charge is 2.65. The molecule has 0 bridgehead atoms. The number of alkyl halides is 3. The van der Waals surface area contributed by atoms with E-state index >= 15 is 0 Å². The number of hydrogen-bond donors (Lipinski definition) is 1. The van der Waals surface area contributed by atoms with Crippen molar-refractivity contribution in [3.8, 4) is 0 Å². The minimum Gasteiger partial charge on any atom is -0.361 e. The molecule has 3 atom stereocenters. The molecule has 4 aromatic rings. The van der Waals surface area contributed by atoms with E-state index in [0.717, 1.165) is 34.2 Å². The van der Waals surface area contributed by atoms with Gasteiger partial charge in [0, 0.05) is 29.6 Å². The quantitative estimate of drug-likeness (QED) is 0.255. The Morgan fingerprint density at radius 1 is 1.02 bits per heavy atom. The first kappa shape index (κ1) is 26.3. The third-order valence-electron chi connectivity index (χ3n) is 8.55. The van der Waals surface area contributed by atoms with Crippen LogP contribution in [0.4, 0.5) is 13.2 Å². The van der Waals surface area contributed by atoms with E-state index in [1.54, 1.807) is 13.0 Å². The predicted octanol–water partition coefficient (Wildman–Crippen LogP) is 5.78. The number of halogens is 3. The predicted molar refractivity (Wildman–Crippen MR) is 147 cm³/mol. The number of hydrogen-bond acceptors (Lipinski definition) is 2. The largest absolute Gasteiger partial charge is 0.416 e. The van der Waals surface area contributed by atoms with Crippen molar-refractivity contribution in [1.82, 2.24) is 9.88 Å². The molecule has 0 radical (unpaired) electrons. The molecule has 2 aliphatic heterocycles. The van der Waals surface area contributed by atoms with E-state index in [-0.39, 0.29) is 40.2 Å². The Kier molecular flexibility index (Phi) is 6.53. The Hall–Kier alpha value is -3.91. The molecule has 206 valence electrons. The summed E-state index contributed by atoms with van der Waals surface area (Å²) in [5.74, 6) is -0.290. The van der Waals surface area contributed by atoms with Crippen LogP contribution >= 0.6 is 0 Å². The van der Waals surface area contributed by atoms with E-state index in [2.05, 4.69) is 4.98 Å². The normalized spacial score (nSPS) is 22.6. The summed E-state index contributed by atoms with van der Waals surface area (Å²) in [6.45, 7) is 3.44. The third kappa shape index (κ3) is 4.92. The van der Waals surface area contributed by atoms with Gasteiger partial charge in [-0.05, 0) is 54.3 Å². The highest BCUT2D eigenvalue weighted by atomic mass is 19.4. The summed E-state index contributed by atoms with van der Waals surface area (Å²) >= 11 is 0. The van der Waals surface area contributed by atoms with Gasteiger partial charge in [-0.2, -0.15) is 13.2 Å². The molecule has 2 fully saturated rings. The van der Waals surface area contributed by atoms with E-state index in [0.29, 0.717) is 38.2 Å². The number of quaternary nitrogens is 1. The Labute approximate surface area is 230 Å². The van der Waals surface area contributed by atoms with Crippen molar-refractivity contribution >= 4 is 22.7 Å². The molecule has 40 heavy (non-hydrogen) atoms. The molecule has 1 aromatic heterocycles. The van der Waals surface area contributed by atoms with E-state index in [9.17, 15) is 22.8 Å². The zero-order valence-corrected chi connectivity index (χ0v) is 22.2. The topological polar surface area (TPSA) is 53.2 Å². The van der Waals surface area contributed by atoms with Crippen LogP contribution in [0.5, 0.6) is 0 Å². The molecule has 3 aromatic carbocycles. The SMILES string of the molecule is Cc1cc(C(=O)[N+]23CCN(C(=O)Cc4c[nH]c5ccccc45)C[C@@H](Cc4ccccc4)C2C3)cc(C(F)(F)F)c1. The van der Waals surface area contributed by atoms with Crippen LogP contribution in [0.15, 0.2) is 79.0 Å². The summed E-state index contributed by atoms with van der Waals surface area (Å²) in [7, 11) is 0. The van der Waals surface area contributed by atoms with Crippen molar-refractivity contribution in [2.45, 2.75) is 32.0 Å². The van der Waals surface area contributed by atoms with Crippen LogP contribution in [0.1, 0.15) is 32.6 Å². The lowest BCUT2D eigenvalue weighted by Crippen LogP contribution is -2.42. The lowest BCUT2D eigenvalue weighted by atomic mass is 9.95. The number of carbonyl (C=O) groups excluding carboxylic acids is 2. The maximum atomic E-state index is 13.9. The number of fused-ring (bicyclic) bond motifs is 2. The molecule has 2 aliphatic rings. The maximum Gasteiger partial charge on any atom is 0.416 e. The van der Waals surface area contributed by atoms with Gasteiger partial charge in [-0.15, -0.1) is 0 Å². The molecule has 2 amide bonds. The summed E-state index contributed by atoms with van der Waals surface area (Å²) in [5.41, 5.74) is 2.70. The minimum atomic E-state index is -4.53. The van der Waals surface area contributed by atoms with Gasteiger partial charge in [0.15, 0.2) is 6.04 Å². The van der Waals surface area contributed by atoms with Crippen LogP contribution < -0.4 is 0 Å². The Morgan fingerprint density at radius 2 is 1.77 bits per heavy atom. The lowest BCUT2D eigenvalue weighted by Gasteiger charge is -2.24. The molecule has 3 heterocycles. The number of H-pyrrole nitrogens is 1. The fraction of sp³-hybridized carbons (Fsp3) is 0.312. The van der Waals surface area contributed by atoms with Gasteiger partial charge in [-0.1, -0.05) is 48.5 Å². The molecule has 2 unspecified atom stereocenters. The van der Waals surface area contributed by atoms with Crippen LogP contribution in [0.2, 0.25) is 0 Å². The van der Waals surface area contributed by atoms with Crippen LogP contribution in [-0.4, -0.2) is 58.4 Å². The maximum absolute atomic E-state index is 13.9. The molecule has 0 spiro atoms. The van der Waals surface area contributed by atoms with E-state index < -0.39 is 11.7 Å². The van der Waals surface area contributed by atoms with Crippen molar-refractivity contribution in [2.75, 3.05) is 26.2 Å². The van der Waals surface area contributed by atoms with Crippen molar-refractivity contribution in [1.29, 1.82) is 0 Å². The molecule has 0 saturated carbocycles. The number of nitrogens with zero attached hydrogens (tertiary/aromatic N) is 2. The van der Waals surface area contributed by atoms with Gasteiger partial charge in [0.1, 0.15) is 13.1 Å². The number of aryl methyl sites for hydroxylation is 1. The first-order valence-corrected chi connectivity index (χ1v) is 13.6. The Bertz CT molecular complexity index is 1580. The van der Waals surface area contributed by atoms with Gasteiger partial charge >= 0.3 is 12.1 Å². The number of rotatable bonds is 5. The van der Waals surface area contributed by atoms with Crippen LogP contribution in [-0.2, 0) is 23.8 Å². The smallest absolute Gasteiger partial charge is 0.361 e. The number of carbonyl (C=O) groups is 2. The first-order valence-electron chi connectivity index (χ1n) is 13.6. The molecule has 6 rings (SSSR count). The second kappa shape index (κ2) is 9.93. The van der Waals surface area contributed by atoms with Crippen molar-refractivity contribution < 1.29 is 27.2 Å². The standard InChI is InChI=1S/C32H31F3N3O2/c1-21-13-23(16-26(14-21)32(33,34)35)31(40)38-12-11-37(19-25(29(38)20-38)15-22-7-3-2-4-8-22)30(39)17-24-18-36-28-10-6-5-9-27(24)28/h2-10,13-14,16,18,25,29,36H,11-12,15,17,19-20H2,1H3/q+1/t25-,29?,38?/m1/s1. The highest BCUT2D eigenvalue weighted by molar-refractivity contribution is 5.91. The van der Waals surface area contributed by atoms with Crippen molar-refractivity contribution in [2.24, 2.45) is 5.92 Å². The summed E-state index contributed by atoms with van der Waals surface area (Å²) in [4.78, 5) is 32.6. The molecule has 1 N–H and O–H groups in total. The van der Waals surface area contributed by atoms with Crippen LogP contribution in [0, 0.1) is 12.8 Å². The average Bonchev–Trinajstić information content (AvgIpc) is 3.57.